The molecule has 0 fully saturated rings. The Hall–Kier alpha value is -0.843. The number of carbonyl (C=O) groups excluding carboxylic acids is 1. The number of rotatable bonds is 4. The summed E-state index contributed by atoms with van der Waals surface area (Å²) in [7, 11) is -1.40. The lowest BCUT2D eigenvalue weighted by atomic mass is 10.6. The van der Waals surface area contributed by atoms with Crippen LogP contribution in [0.5, 0.6) is 0 Å². The van der Waals surface area contributed by atoms with Crippen LogP contribution >= 0.6 is 0 Å². The molecule has 0 rings (SSSR count). The molecule has 0 aromatic carbocycles. The van der Waals surface area contributed by atoms with Crippen LogP contribution in [0.1, 0.15) is 0 Å². The van der Waals surface area contributed by atoms with E-state index in [4.69, 9.17) is 5.11 Å². The lowest BCUT2D eigenvalue weighted by Crippen LogP contribution is -2.35. The highest BCUT2D eigenvalue weighted by atomic mass is 28.3. The number of carboxylic acids is 1. The third kappa shape index (κ3) is 7.27. The topological polar surface area (TPSA) is 66.4 Å². The van der Waals surface area contributed by atoms with E-state index in [0.717, 1.165) is 0 Å². The molecule has 0 radical (unpaired) electrons. The van der Waals surface area contributed by atoms with Gasteiger partial charge in [0.15, 0.2) is 0 Å². The Kier molecular flexibility index (Phi) is 3.95. The molecule has 0 atom stereocenters. The molecule has 0 aliphatic carbocycles. The van der Waals surface area contributed by atoms with Crippen LogP contribution in [0, 0.1) is 0 Å². The number of carbonyl (C=O) groups is 2. The van der Waals surface area contributed by atoms with Gasteiger partial charge in [0.2, 0.25) is 5.91 Å². The summed E-state index contributed by atoms with van der Waals surface area (Å²) >= 11 is 0. The molecule has 0 spiro atoms. The van der Waals surface area contributed by atoms with Gasteiger partial charge in [-0.3, -0.25) is 9.59 Å². The van der Waals surface area contributed by atoms with Crippen LogP contribution in [0.15, 0.2) is 0 Å². The largest absolute Gasteiger partial charge is 0.480 e. The van der Waals surface area contributed by atoms with E-state index in [2.05, 4.69) is 25.0 Å². The molecular weight excluding hydrogens is 174 g/mol. The number of hydrogen-bond donors (Lipinski definition) is 2. The van der Waals surface area contributed by atoms with E-state index < -0.39 is 14.0 Å². The number of aliphatic carboxylic acids is 1. The SMILES string of the molecule is C[Si](C)(C)CC(=O)NCC(=O)O. The maximum atomic E-state index is 11.0. The zero-order chi connectivity index (χ0) is 9.78. The lowest BCUT2D eigenvalue weighted by molar-refractivity contribution is -0.137. The summed E-state index contributed by atoms with van der Waals surface area (Å²) in [5.74, 6) is -1.16. The van der Waals surface area contributed by atoms with Crippen LogP contribution in [0.25, 0.3) is 0 Å². The molecule has 0 aliphatic heterocycles. The monoisotopic (exact) mass is 189 g/mol. The second kappa shape index (κ2) is 4.25. The molecule has 0 aromatic heterocycles. The minimum atomic E-state index is -1.40. The van der Waals surface area contributed by atoms with Crippen LogP contribution in [-0.2, 0) is 9.59 Å². The Bertz CT molecular complexity index is 186. The van der Waals surface area contributed by atoms with Gasteiger partial charge in [0.1, 0.15) is 6.54 Å². The number of carboxylic acid groups (broad SMARTS) is 1. The van der Waals surface area contributed by atoms with Gasteiger partial charge in [-0.25, -0.2) is 0 Å². The number of hydrogen-bond acceptors (Lipinski definition) is 2. The van der Waals surface area contributed by atoms with Crippen LogP contribution in [0.4, 0.5) is 0 Å². The van der Waals surface area contributed by atoms with Crippen molar-refractivity contribution in [3.63, 3.8) is 0 Å². The van der Waals surface area contributed by atoms with Gasteiger partial charge in [0.25, 0.3) is 0 Å². The van der Waals surface area contributed by atoms with E-state index in [1.807, 2.05) is 0 Å². The average molecular weight is 189 g/mol. The first-order valence-electron chi connectivity index (χ1n) is 3.80. The van der Waals surface area contributed by atoms with Gasteiger partial charge in [-0.1, -0.05) is 19.6 Å². The predicted molar refractivity (Wildman–Crippen MR) is 48.8 cm³/mol. The van der Waals surface area contributed by atoms with E-state index in [1.54, 1.807) is 0 Å². The van der Waals surface area contributed by atoms with Crippen molar-refractivity contribution in [3.8, 4) is 0 Å². The quantitative estimate of drug-likeness (QED) is 0.634. The standard InChI is InChI=1S/C7H15NO3Si/c1-12(2,3)5-6(9)8-4-7(10)11/h4-5H2,1-3H3,(H,8,9)(H,10,11). The van der Waals surface area contributed by atoms with E-state index >= 15 is 0 Å². The van der Waals surface area contributed by atoms with Crippen molar-refractivity contribution in [2.45, 2.75) is 25.7 Å². The molecule has 2 N–H and O–H groups in total. The Morgan fingerprint density at radius 2 is 1.83 bits per heavy atom. The first kappa shape index (κ1) is 11.2. The Morgan fingerprint density at radius 3 is 2.17 bits per heavy atom. The molecule has 0 aliphatic rings. The van der Waals surface area contributed by atoms with Crippen molar-refractivity contribution in [3.05, 3.63) is 0 Å². The molecule has 0 saturated heterocycles. The second-order valence-corrected chi connectivity index (χ2v) is 9.38. The fourth-order valence-electron chi connectivity index (χ4n) is 0.718. The summed E-state index contributed by atoms with van der Waals surface area (Å²) in [5, 5.41) is 10.6. The molecular formula is C7H15NO3Si. The average Bonchev–Trinajstić information content (AvgIpc) is 1.79. The van der Waals surface area contributed by atoms with Gasteiger partial charge in [0, 0.05) is 6.04 Å². The van der Waals surface area contributed by atoms with Crippen LogP contribution in [0.3, 0.4) is 0 Å². The summed E-state index contributed by atoms with van der Waals surface area (Å²) in [6.07, 6.45) is 0. The minimum Gasteiger partial charge on any atom is -0.480 e. The molecule has 4 nitrogen and oxygen atoms in total. The van der Waals surface area contributed by atoms with E-state index in [1.165, 1.54) is 0 Å². The number of nitrogens with one attached hydrogen (secondary N) is 1. The van der Waals surface area contributed by atoms with Crippen LogP contribution in [0.2, 0.25) is 25.7 Å². The van der Waals surface area contributed by atoms with Crippen molar-refractivity contribution in [1.82, 2.24) is 5.32 Å². The molecule has 1 amide bonds. The molecule has 0 unspecified atom stereocenters. The third-order valence-corrected chi connectivity index (χ3v) is 2.51. The van der Waals surface area contributed by atoms with Crippen LogP contribution in [-0.4, -0.2) is 31.6 Å². The second-order valence-electron chi connectivity index (χ2n) is 3.91. The van der Waals surface area contributed by atoms with Gasteiger partial charge in [-0.2, -0.15) is 0 Å². The lowest BCUT2D eigenvalue weighted by Gasteiger charge is -2.14. The van der Waals surface area contributed by atoms with Crippen molar-refractivity contribution in [1.29, 1.82) is 0 Å². The smallest absolute Gasteiger partial charge is 0.322 e. The predicted octanol–water partition coefficient (Wildman–Crippen LogP) is 0.525. The van der Waals surface area contributed by atoms with Gasteiger partial charge in [0.05, 0.1) is 8.07 Å². The zero-order valence-electron chi connectivity index (χ0n) is 7.68. The van der Waals surface area contributed by atoms with E-state index in [0.29, 0.717) is 6.04 Å². The van der Waals surface area contributed by atoms with Crippen molar-refractivity contribution < 1.29 is 14.7 Å². The molecule has 0 heterocycles. The summed E-state index contributed by atoms with van der Waals surface area (Å²) < 4.78 is 0. The fraction of sp³-hybridized carbons (Fsp3) is 0.714. The Labute approximate surface area is 73.0 Å². The normalized spacial score (nSPS) is 10.9. The summed E-state index contributed by atoms with van der Waals surface area (Å²) in [6, 6.07) is 0.486. The minimum absolute atomic E-state index is 0.156. The Morgan fingerprint density at radius 1 is 1.33 bits per heavy atom. The summed E-state index contributed by atoms with van der Waals surface area (Å²) in [5.41, 5.74) is 0. The molecule has 0 bridgehead atoms. The summed E-state index contributed by atoms with van der Waals surface area (Å²) in [4.78, 5) is 21.1. The molecule has 0 saturated carbocycles. The van der Waals surface area contributed by atoms with E-state index in [9.17, 15) is 9.59 Å². The third-order valence-electron chi connectivity index (χ3n) is 1.13. The van der Waals surface area contributed by atoms with Gasteiger partial charge < -0.3 is 10.4 Å². The van der Waals surface area contributed by atoms with Crippen molar-refractivity contribution in [2.75, 3.05) is 6.54 Å². The first-order valence-corrected chi connectivity index (χ1v) is 7.50. The fourth-order valence-corrected chi connectivity index (χ4v) is 1.81. The first-order chi connectivity index (χ1) is 5.31. The van der Waals surface area contributed by atoms with E-state index in [-0.39, 0.29) is 12.5 Å². The highest BCUT2D eigenvalue weighted by molar-refractivity contribution is 6.78. The molecule has 12 heavy (non-hydrogen) atoms. The highest BCUT2D eigenvalue weighted by Gasteiger charge is 2.17. The maximum Gasteiger partial charge on any atom is 0.322 e. The van der Waals surface area contributed by atoms with Crippen molar-refractivity contribution in [2.24, 2.45) is 0 Å². The molecule has 0 aromatic rings. The highest BCUT2D eigenvalue weighted by Crippen LogP contribution is 2.06. The van der Waals surface area contributed by atoms with Crippen molar-refractivity contribution >= 4 is 20.0 Å². The maximum absolute atomic E-state index is 11.0. The van der Waals surface area contributed by atoms with Gasteiger partial charge >= 0.3 is 5.97 Å². The molecule has 5 heteroatoms. The van der Waals surface area contributed by atoms with Crippen LogP contribution < -0.4 is 5.32 Å². The zero-order valence-corrected chi connectivity index (χ0v) is 8.68. The van der Waals surface area contributed by atoms with Gasteiger partial charge in [-0.05, 0) is 0 Å². The number of amides is 1. The van der Waals surface area contributed by atoms with Gasteiger partial charge in [-0.15, -0.1) is 0 Å². The summed E-state index contributed by atoms with van der Waals surface area (Å²) in [6.45, 7) is 5.91. The Balaban J connectivity index is 3.68. The molecule has 70 valence electrons.